The van der Waals surface area contributed by atoms with Crippen molar-refractivity contribution >= 4 is 5.91 Å². The molecular weight excluding hydrogens is 248 g/mol. The molecule has 0 saturated carbocycles. The zero-order valence-electron chi connectivity index (χ0n) is 10.8. The Hall–Kier alpha value is -2.12. The monoisotopic (exact) mass is 264 g/mol. The molecule has 0 unspecified atom stereocenters. The second-order valence-corrected chi connectivity index (χ2v) is 4.34. The van der Waals surface area contributed by atoms with Gasteiger partial charge in [-0.1, -0.05) is 5.16 Å². The Bertz CT molecular complexity index is 561. The first-order chi connectivity index (χ1) is 9.08. The molecule has 0 radical (unpaired) electrons. The van der Waals surface area contributed by atoms with Crippen LogP contribution >= 0.6 is 0 Å². The van der Waals surface area contributed by atoms with E-state index in [0.717, 1.165) is 11.5 Å². The summed E-state index contributed by atoms with van der Waals surface area (Å²) in [6.07, 6.45) is 0. The number of hydrogen-bond acceptors (Lipinski definition) is 6. The summed E-state index contributed by atoms with van der Waals surface area (Å²) in [5, 5.41) is 3.63. The summed E-state index contributed by atoms with van der Waals surface area (Å²) in [4.78, 5) is 13.2. The molecule has 1 amide bonds. The number of carbonyl (C=O) groups is 1. The molecule has 0 aliphatic carbocycles. The molecule has 7 nitrogen and oxygen atoms in total. The number of carbonyl (C=O) groups excluding carboxylic acids is 1. The summed E-state index contributed by atoms with van der Waals surface area (Å²) < 4.78 is 10.5. The van der Waals surface area contributed by atoms with Crippen LogP contribution in [0.3, 0.4) is 0 Å². The van der Waals surface area contributed by atoms with E-state index in [0.29, 0.717) is 18.8 Å². The number of furan rings is 1. The van der Waals surface area contributed by atoms with Crippen LogP contribution in [0, 0.1) is 6.92 Å². The predicted octanol–water partition coefficient (Wildman–Crippen LogP) is 0.812. The highest BCUT2D eigenvalue weighted by atomic mass is 16.5. The topological polar surface area (TPSA) is 97.5 Å². The number of nitrogens with zero attached hydrogens (tertiary/aromatic N) is 2. The summed E-state index contributed by atoms with van der Waals surface area (Å²) in [6.45, 7) is 3.06. The van der Waals surface area contributed by atoms with Gasteiger partial charge >= 0.3 is 0 Å². The third kappa shape index (κ3) is 3.43. The van der Waals surface area contributed by atoms with Crippen LogP contribution in [-0.2, 0) is 13.1 Å². The third-order valence-electron chi connectivity index (χ3n) is 2.57. The smallest absolute Gasteiger partial charge is 0.287 e. The van der Waals surface area contributed by atoms with Gasteiger partial charge in [0.25, 0.3) is 5.91 Å². The number of amides is 1. The number of nitrogen functional groups attached to an aromatic ring is 1. The van der Waals surface area contributed by atoms with Crippen molar-refractivity contribution in [2.24, 2.45) is 5.84 Å². The highest BCUT2D eigenvalue weighted by Crippen LogP contribution is 2.12. The molecule has 0 bridgehead atoms. The number of hydrogen-bond donors (Lipinski definition) is 2. The number of aromatic nitrogens is 1. The van der Waals surface area contributed by atoms with Crippen LogP contribution in [0.15, 0.2) is 27.1 Å². The highest BCUT2D eigenvalue weighted by molar-refractivity contribution is 5.91. The lowest BCUT2D eigenvalue weighted by Crippen LogP contribution is -2.30. The molecule has 0 atom stereocenters. The van der Waals surface area contributed by atoms with Crippen LogP contribution in [0.5, 0.6) is 0 Å². The lowest BCUT2D eigenvalue weighted by Gasteiger charge is -2.12. The van der Waals surface area contributed by atoms with Gasteiger partial charge in [-0.2, -0.15) is 0 Å². The normalized spacial score (nSPS) is 10.9. The Kier molecular flexibility index (Phi) is 3.98. The maximum Gasteiger partial charge on any atom is 0.287 e. The fourth-order valence-corrected chi connectivity index (χ4v) is 1.73. The van der Waals surface area contributed by atoms with Gasteiger partial charge in [0, 0.05) is 6.07 Å². The van der Waals surface area contributed by atoms with Crippen LogP contribution in [0.2, 0.25) is 0 Å². The highest BCUT2D eigenvalue weighted by Gasteiger charge is 2.13. The first kappa shape index (κ1) is 13.3. The summed E-state index contributed by atoms with van der Waals surface area (Å²) in [5.74, 6) is 6.88. The van der Waals surface area contributed by atoms with Gasteiger partial charge in [0.15, 0.2) is 11.5 Å². The fraction of sp³-hybridized carbons (Fsp3) is 0.333. The molecule has 19 heavy (non-hydrogen) atoms. The first-order valence-electron chi connectivity index (χ1n) is 5.79. The van der Waals surface area contributed by atoms with E-state index in [9.17, 15) is 4.79 Å². The molecule has 102 valence electrons. The minimum Gasteiger partial charge on any atom is -0.465 e. The van der Waals surface area contributed by atoms with Crippen molar-refractivity contribution in [1.82, 2.24) is 15.5 Å². The zero-order chi connectivity index (χ0) is 13.8. The molecule has 0 aliphatic heterocycles. The van der Waals surface area contributed by atoms with Crippen LogP contribution in [0.4, 0.5) is 0 Å². The van der Waals surface area contributed by atoms with Gasteiger partial charge in [0.05, 0.1) is 13.1 Å². The first-order valence-corrected chi connectivity index (χ1v) is 5.79. The van der Waals surface area contributed by atoms with Crippen LogP contribution in [-0.4, -0.2) is 23.0 Å². The number of nitrogens with one attached hydrogen (secondary N) is 1. The number of aryl methyl sites for hydroxylation is 1. The van der Waals surface area contributed by atoms with E-state index in [4.69, 9.17) is 14.8 Å². The van der Waals surface area contributed by atoms with Crippen molar-refractivity contribution in [1.29, 1.82) is 0 Å². The van der Waals surface area contributed by atoms with Gasteiger partial charge in [-0.15, -0.1) is 0 Å². The van der Waals surface area contributed by atoms with E-state index < -0.39 is 5.91 Å². The van der Waals surface area contributed by atoms with Crippen molar-refractivity contribution in [3.05, 3.63) is 41.2 Å². The number of hydrazine groups is 1. The number of rotatable bonds is 5. The van der Waals surface area contributed by atoms with E-state index in [1.54, 1.807) is 6.07 Å². The van der Waals surface area contributed by atoms with Gasteiger partial charge < -0.3 is 8.94 Å². The molecule has 2 heterocycles. The lowest BCUT2D eigenvalue weighted by molar-refractivity contribution is 0.0944. The molecule has 0 fully saturated rings. The third-order valence-corrected chi connectivity index (χ3v) is 2.57. The minimum absolute atomic E-state index is 0.166. The average Bonchev–Trinajstić information content (AvgIpc) is 2.98. The lowest BCUT2D eigenvalue weighted by atomic mass is 10.3. The van der Waals surface area contributed by atoms with Gasteiger partial charge in [-0.25, -0.2) is 5.84 Å². The summed E-state index contributed by atoms with van der Waals surface area (Å²) in [7, 11) is 1.92. The van der Waals surface area contributed by atoms with Gasteiger partial charge in [-0.05, 0) is 26.1 Å². The predicted molar refractivity (Wildman–Crippen MR) is 66.8 cm³/mol. The molecular formula is C12H16N4O3. The molecule has 0 spiro atoms. The standard InChI is InChI=1S/C12H16N4O3/c1-8-3-4-9(18-8)6-16(2)7-10-5-11(15-19-10)12(17)14-13/h3-5H,6-7,13H2,1-2H3,(H,14,17). The van der Waals surface area contributed by atoms with Gasteiger partial charge in [0.2, 0.25) is 0 Å². The van der Waals surface area contributed by atoms with Crippen LogP contribution in [0.1, 0.15) is 27.8 Å². The number of nitrogens with two attached hydrogens (primary N) is 1. The maximum atomic E-state index is 11.2. The molecule has 0 aromatic carbocycles. The largest absolute Gasteiger partial charge is 0.465 e. The second kappa shape index (κ2) is 5.68. The van der Waals surface area contributed by atoms with Crippen molar-refractivity contribution < 1.29 is 13.7 Å². The van der Waals surface area contributed by atoms with Gasteiger partial charge in [0.1, 0.15) is 11.5 Å². The van der Waals surface area contributed by atoms with Crippen molar-refractivity contribution in [2.75, 3.05) is 7.05 Å². The maximum absolute atomic E-state index is 11.2. The van der Waals surface area contributed by atoms with Crippen LogP contribution < -0.4 is 11.3 Å². The zero-order valence-corrected chi connectivity index (χ0v) is 10.8. The molecule has 2 rings (SSSR count). The van der Waals surface area contributed by atoms with Crippen molar-refractivity contribution in [3.8, 4) is 0 Å². The molecule has 7 heteroatoms. The quantitative estimate of drug-likeness (QED) is 0.471. The van der Waals surface area contributed by atoms with E-state index in [1.165, 1.54) is 0 Å². The molecule has 2 aromatic heterocycles. The fourth-order valence-electron chi connectivity index (χ4n) is 1.73. The van der Waals surface area contributed by atoms with Crippen molar-refractivity contribution in [2.45, 2.75) is 20.0 Å². The van der Waals surface area contributed by atoms with Gasteiger partial charge in [-0.3, -0.25) is 15.1 Å². The summed E-state index contributed by atoms with van der Waals surface area (Å²) in [5.41, 5.74) is 2.17. The van der Waals surface area contributed by atoms with E-state index >= 15 is 0 Å². The Morgan fingerprint density at radius 2 is 2.16 bits per heavy atom. The Labute approximate surface area is 110 Å². The SMILES string of the molecule is Cc1ccc(CN(C)Cc2cc(C(=O)NN)no2)o1. The molecule has 2 aromatic rings. The van der Waals surface area contributed by atoms with E-state index in [-0.39, 0.29) is 5.69 Å². The average molecular weight is 264 g/mol. The van der Waals surface area contributed by atoms with E-state index in [1.807, 2.05) is 36.4 Å². The second-order valence-electron chi connectivity index (χ2n) is 4.34. The molecule has 0 aliphatic rings. The Balaban J connectivity index is 1.93. The van der Waals surface area contributed by atoms with Crippen molar-refractivity contribution in [3.63, 3.8) is 0 Å². The molecule has 3 N–H and O–H groups in total. The Morgan fingerprint density at radius 3 is 2.79 bits per heavy atom. The van der Waals surface area contributed by atoms with E-state index in [2.05, 4.69) is 5.16 Å². The Morgan fingerprint density at radius 1 is 1.42 bits per heavy atom. The summed E-state index contributed by atoms with van der Waals surface area (Å²) >= 11 is 0. The summed E-state index contributed by atoms with van der Waals surface area (Å²) in [6, 6.07) is 5.41. The van der Waals surface area contributed by atoms with Crippen LogP contribution in [0.25, 0.3) is 0 Å². The molecule has 0 saturated heterocycles. The minimum atomic E-state index is -0.473.